The van der Waals surface area contributed by atoms with Gasteiger partial charge in [0.25, 0.3) is 5.91 Å². The average molecular weight is 975 g/mol. The van der Waals surface area contributed by atoms with E-state index in [0.717, 1.165) is 61.4 Å². The maximum atomic E-state index is 13.3. The van der Waals surface area contributed by atoms with Crippen molar-refractivity contribution in [3.8, 4) is 11.1 Å². The number of hydrogen-bond acceptors (Lipinski definition) is 15. The van der Waals surface area contributed by atoms with Crippen LogP contribution in [0.5, 0.6) is 0 Å². The number of thiazole rings is 1. The van der Waals surface area contributed by atoms with Crippen LogP contribution in [0.2, 0.25) is 0 Å². The largest absolute Gasteiger partial charge is 0.403 e. The predicted octanol–water partition coefficient (Wildman–Crippen LogP) is 6.40. The van der Waals surface area contributed by atoms with Crippen molar-refractivity contribution in [2.75, 3.05) is 108 Å². The lowest BCUT2D eigenvalue weighted by Gasteiger charge is -2.36. The molecule has 17 heteroatoms. The van der Waals surface area contributed by atoms with E-state index in [1.165, 1.54) is 17.4 Å². The lowest BCUT2D eigenvalue weighted by Crippen LogP contribution is -2.47. The molecular formula is C53H66N8O8S. The van der Waals surface area contributed by atoms with Gasteiger partial charge in [-0.3, -0.25) is 33.8 Å². The van der Waals surface area contributed by atoms with E-state index < -0.39 is 17.7 Å². The first-order valence-electron chi connectivity index (χ1n) is 23.5. The number of Topliss-reactive ketones (excluding diaryl/α,β-unsaturated/α-hetero) is 1. The number of carbonyl (C=O) groups excluding carboxylic acids is 5. The second-order valence-corrected chi connectivity index (χ2v) is 17.3. The van der Waals surface area contributed by atoms with Crippen LogP contribution in [0.4, 0.5) is 16.5 Å². The Labute approximate surface area is 415 Å². The molecule has 5 N–H and O–H groups in total. The zero-order valence-corrected chi connectivity index (χ0v) is 41.0. The first-order chi connectivity index (χ1) is 34.1. The molecule has 0 radical (unpaired) electrons. The molecule has 1 aromatic heterocycles. The molecule has 372 valence electrons. The van der Waals surface area contributed by atoms with E-state index in [4.69, 9.17) is 19.9 Å². The Bertz CT molecular complexity index is 2400. The van der Waals surface area contributed by atoms with Gasteiger partial charge in [-0.25, -0.2) is 4.98 Å². The van der Waals surface area contributed by atoms with E-state index in [0.29, 0.717) is 94.2 Å². The summed E-state index contributed by atoms with van der Waals surface area (Å²) in [4.78, 5) is 73.1. The summed E-state index contributed by atoms with van der Waals surface area (Å²) in [5.41, 5.74) is 11.2. The quantitative estimate of drug-likeness (QED) is 0.0142. The third-order valence-corrected chi connectivity index (χ3v) is 12.0. The number of allylic oxidation sites excluding steroid dienone is 6. The molecule has 1 atom stereocenters. The van der Waals surface area contributed by atoms with Gasteiger partial charge >= 0.3 is 0 Å². The summed E-state index contributed by atoms with van der Waals surface area (Å²) in [6, 6.07) is 18.5. The Balaban J connectivity index is 0.965. The van der Waals surface area contributed by atoms with Gasteiger partial charge in [0.05, 0.1) is 45.2 Å². The Hall–Kier alpha value is -6.60. The molecule has 0 aliphatic carbocycles. The van der Waals surface area contributed by atoms with E-state index in [2.05, 4.69) is 61.6 Å². The maximum Gasteiger partial charge on any atom is 0.254 e. The summed E-state index contributed by atoms with van der Waals surface area (Å²) in [5.74, 6) is -1.45. The van der Waals surface area contributed by atoms with Crippen LogP contribution in [0, 0.1) is 0 Å². The molecule has 2 amide bonds. The number of aromatic nitrogens is 1. The van der Waals surface area contributed by atoms with Crippen LogP contribution in [0.25, 0.3) is 11.1 Å². The molecule has 70 heavy (non-hydrogen) atoms. The molecule has 0 bridgehead atoms. The standard InChI is InChI=1S/C53H66N8O8S/c1-4-5-6-7-8-14-48(51(65)58-53-57-23-35-70-53)59(3)37-43-16-15-42(36-44(43)38-62)41-17-19-45(20-18-41)61-26-24-60(25-27-61)28-30-68-32-34-69-33-31-67-29-22-55-47-13-9-12-46(49(64)39-63)50(47)52(66)56-21-10-11-40(2)54/h4-9,12-20,23,35-36,38-39,48,55H,2,10-11,21-22,24-34,37,54H2,1,3H3,(H,56,66)(H,57,58,65)/b5-4-,7-6-,14-8+. The highest BCUT2D eigenvalue weighted by atomic mass is 32.1. The molecule has 3 aromatic carbocycles. The minimum atomic E-state index is -0.778. The van der Waals surface area contributed by atoms with Crippen molar-refractivity contribution in [2.45, 2.75) is 32.4 Å². The van der Waals surface area contributed by atoms with Gasteiger partial charge in [0.1, 0.15) is 12.3 Å². The van der Waals surface area contributed by atoms with E-state index >= 15 is 0 Å². The number of piperazine rings is 1. The lowest BCUT2D eigenvalue weighted by atomic mass is 9.98. The third-order valence-electron chi connectivity index (χ3n) is 11.3. The third kappa shape index (κ3) is 17.7. The van der Waals surface area contributed by atoms with E-state index in [1.807, 2.05) is 78.9 Å². The molecule has 0 saturated carbocycles. The van der Waals surface area contributed by atoms with E-state index in [9.17, 15) is 24.0 Å². The molecular weight excluding hydrogens is 909 g/mol. The number of amides is 2. The highest BCUT2D eigenvalue weighted by Gasteiger charge is 2.24. The summed E-state index contributed by atoms with van der Waals surface area (Å²) in [7, 11) is 1.87. The Kier molecular flexibility index (Phi) is 23.4. The number of nitrogens with two attached hydrogens (primary N) is 1. The average Bonchev–Trinajstić information content (AvgIpc) is 3.89. The molecule has 5 rings (SSSR count). The number of likely N-dealkylation sites (N-methyl/N-ethyl adjacent to an activating group) is 1. The van der Waals surface area contributed by atoms with Crippen molar-refractivity contribution in [3.63, 3.8) is 0 Å². The monoisotopic (exact) mass is 974 g/mol. The number of carbonyl (C=O) groups is 5. The molecule has 2 heterocycles. The molecule has 1 unspecified atom stereocenters. The van der Waals surface area contributed by atoms with Crippen LogP contribution >= 0.6 is 11.3 Å². The van der Waals surface area contributed by atoms with Gasteiger partial charge in [-0.15, -0.1) is 11.3 Å². The first-order valence-corrected chi connectivity index (χ1v) is 24.3. The Morgan fingerprint density at radius 3 is 2.29 bits per heavy atom. The fraction of sp³-hybridized carbons (Fsp3) is 0.358. The smallest absolute Gasteiger partial charge is 0.254 e. The zero-order valence-electron chi connectivity index (χ0n) is 40.2. The van der Waals surface area contributed by atoms with Gasteiger partial charge in [-0.1, -0.05) is 73.4 Å². The minimum absolute atomic E-state index is 0.0261. The summed E-state index contributed by atoms with van der Waals surface area (Å²) in [6.07, 6.45) is 15.2. The topological polar surface area (TPSA) is 198 Å². The molecule has 1 aliphatic rings. The number of nitrogens with one attached hydrogen (secondary N) is 3. The van der Waals surface area contributed by atoms with Gasteiger partial charge in [-0.2, -0.15) is 0 Å². The fourth-order valence-corrected chi connectivity index (χ4v) is 8.14. The normalized spacial score (nSPS) is 13.6. The lowest BCUT2D eigenvalue weighted by molar-refractivity contribution is -0.119. The highest BCUT2D eigenvalue weighted by Crippen LogP contribution is 2.27. The molecule has 1 fully saturated rings. The Morgan fingerprint density at radius 2 is 1.60 bits per heavy atom. The summed E-state index contributed by atoms with van der Waals surface area (Å²) in [6.45, 7) is 13.8. The second-order valence-electron chi connectivity index (χ2n) is 16.4. The van der Waals surface area contributed by atoms with Gasteiger partial charge < -0.3 is 40.8 Å². The molecule has 4 aromatic rings. The van der Waals surface area contributed by atoms with Crippen LogP contribution in [0.15, 0.2) is 121 Å². The SMILES string of the molecule is C=C(N)CCCNC(=O)c1c(NCCOCCOCCOCCN2CCN(c3ccc(-c4ccc(CN(C)C(/C=C/C=C\C=C/C)C(=O)Nc5nccs5)c(C=O)c4)cc3)CC2)cccc1C(=O)C=O. The van der Waals surface area contributed by atoms with Crippen molar-refractivity contribution in [3.05, 3.63) is 143 Å². The number of nitrogens with zero attached hydrogens (tertiary/aromatic N) is 4. The molecule has 1 saturated heterocycles. The van der Waals surface area contributed by atoms with Gasteiger partial charge in [-0.05, 0) is 73.8 Å². The zero-order chi connectivity index (χ0) is 49.9. The van der Waals surface area contributed by atoms with Crippen molar-refractivity contribution < 1.29 is 38.2 Å². The van der Waals surface area contributed by atoms with Crippen LogP contribution < -0.4 is 26.6 Å². The van der Waals surface area contributed by atoms with Crippen LogP contribution in [-0.2, 0) is 30.3 Å². The summed E-state index contributed by atoms with van der Waals surface area (Å²) >= 11 is 1.36. The molecule has 0 spiro atoms. The van der Waals surface area contributed by atoms with E-state index in [-0.39, 0.29) is 23.3 Å². The fourth-order valence-electron chi connectivity index (χ4n) is 7.61. The number of aldehydes is 2. The maximum absolute atomic E-state index is 13.3. The number of ether oxygens (including phenoxy) is 3. The Morgan fingerprint density at radius 1 is 0.886 bits per heavy atom. The van der Waals surface area contributed by atoms with Crippen molar-refractivity contribution in [1.82, 2.24) is 20.1 Å². The number of hydrogen-bond donors (Lipinski definition) is 4. The van der Waals surface area contributed by atoms with Crippen LogP contribution in [0.3, 0.4) is 0 Å². The predicted molar refractivity (Wildman–Crippen MR) is 278 cm³/mol. The number of benzene rings is 3. The van der Waals surface area contributed by atoms with Gasteiger partial charge in [0, 0.05) is 92.1 Å². The minimum Gasteiger partial charge on any atom is -0.403 e. The van der Waals surface area contributed by atoms with E-state index in [1.54, 1.807) is 18.3 Å². The van der Waals surface area contributed by atoms with Crippen molar-refractivity contribution in [2.24, 2.45) is 5.73 Å². The second kappa shape index (κ2) is 30.1. The summed E-state index contributed by atoms with van der Waals surface area (Å²) < 4.78 is 17.2. The highest BCUT2D eigenvalue weighted by molar-refractivity contribution is 7.13. The number of ketones is 1. The molecule has 16 nitrogen and oxygen atoms in total. The van der Waals surface area contributed by atoms with Crippen LogP contribution in [-0.4, -0.2) is 143 Å². The van der Waals surface area contributed by atoms with Crippen molar-refractivity contribution in [1.29, 1.82) is 0 Å². The van der Waals surface area contributed by atoms with Gasteiger partial charge in [0.15, 0.2) is 11.4 Å². The number of rotatable bonds is 31. The number of anilines is 3. The van der Waals surface area contributed by atoms with Crippen LogP contribution in [0.1, 0.15) is 56.4 Å². The first kappa shape index (κ1) is 54.3. The molecule has 1 aliphatic heterocycles. The van der Waals surface area contributed by atoms with Gasteiger partial charge in [0.2, 0.25) is 11.7 Å². The summed E-state index contributed by atoms with van der Waals surface area (Å²) in [5, 5.41) is 11.2. The van der Waals surface area contributed by atoms with Crippen molar-refractivity contribution >= 4 is 58.0 Å².